The number of likely N-dealkylation sites (N-methyl/N-ethyl adjacent to an activating group) is 1. The van der Waals surface area contributed by atoms with E-state index in [1.54, 1.807) is 6.20 Å². The number of aromatic nitrogens is 3. The van der Waals surface area contributed by atoms with Gasteiger partial charge in [-0.05, 0) is 32.0 Å². The number of benzene rings is 1. The minimum atomic E-state index is 0.358. The Bertz CT molecular complexity index is 695. The Labute approximate surface area is 136 Å². The Morgan fingerprint density at radius 1 is 1.09 bits per heavy atom. The van der Waals surface area contributed by atoms with Crippen molar-refractivity contribution < 1.29 is 0 Å². The minimum absolute atomic E-state index is 0.358. The van der Waals surface area contributed by atoms with Gasteiger partial charge in [0.25, 0.3) is 5.95 Å². The van der Waals surface area contributed by atoms with Crippen molar-refractivity contribution in [2.45, 2.75) is 19.4 Å². The van der Waals surface area contributed by atoms with Crippen LogP contribution in [0.15, 0.2) is 30.5 Å². The van der Waals surface area contributed by atoms with Gasteiger partial charge in [0.2, 0.25) is 0 Å². The normalized spacial score (nSPS) is 21.6. The fourth-order valence-corrected chi connectivity index (χ4v) is 3.45. The molecule has 0 spiro atoms. The molecule has 0 radical (unpaired) electrons. The Hall–Kier alpha value is -2.21. The molecule has 2 aliphatic rings. The number of fused-ring (bicyclic) bond motifs is 1. The molecule has 6 nitrogen and oxygen atoms in total. The van der Waals surface area contributed by atoms with Gasteiger partial charge in [-0.3, -0.25) is 0 Å². The van der Waals surface area contributed by atoms with Crippen molar-refractivity contribution in [1.82, 2.24) is 20.1 Å². The molecule has 23 heavy (non-hydrogen) atoms. The van der Waals surface area contributed by atoms with Crippen LogP contribution in [0.5, 0.6) is 0 Å². The van der Waals surface area contributed by atoms with Crippen molar-refractivity contribution >= 4 is 17.5 Å². The van der Waals surface area contributed by atoms with Crippen molar-refractivity contribution in [3.8, 4) is 0 Å². The summed E-state index contributed by atoms with van der Waals surface area (Å²) in [5.41, 5.74) is 2.56. The van der Waals surface area contributed by atoms with Crippen LogP contribution < -0.4 is 9.80 Å². The number of hydrogen-bond acceptors (Lipinski definition) is 6. The highest BCUT2D eigenvalue weighted by molar-refractivity contribution is 5.67. The fourth-order valence-electron chi connectivity index (χ4n) is 3.45. The Kier molecular flexibility index (Phi) is 3.61. The van der Waals surface area contributed by atoms with Crippen LogP contribution in [-0.2, 0) is 6.42 Å². The van der Waals surface area contributed by atoms with E-state index in [2.05, 4.69) is 63.1 Å². The van der Waals surface area contributed by atoms with Crippen LogP contribution in [-0.4, -0.2) is 59.3 Å². The van der Waals surface area contributed by atoms with Crippen LogP contribution in [0.3, 0.4) is 0 Å². The van der Waals surface area contributed by atoms with Crippen molar-refractivity contribution in [2.75, 3.05) is 43.0 Å². The molecule has 0 N–H and O–H groups in total. The molecule has 1 atom stereocenters. The molecule has 1 unspecified atom stereocenters. The third-order valence-corrected chi connectivity index (χ3v) is 4.78. The third kappa shape index (κ3) is 2.63. The van der Waals surface area contributed by atoms with Crippen LogP contribution in [0.25, 0.3) is 0 Å². The molecule has 0 aliphatic carbocycles. The number of para-hydroxylation sites is 1. The van der Waals surface area contributed by atoms with E-state index in [-0.39, 0.29) is 0 Å². The molecule has 120 valence electrons. The monoisotopic (exact) mass is 310 g/mol. The first-order valence-corrected chi connectivity index (χ1v) is 8.23. The van der Waals surface area contributed by atoms with E-state index < -0.39 is 0 Å². The second kappa shape index (κ2) is 5.77. The molecule has 1 aromatic heterocycles. The van der Waals surface area contributed by atoms with Gasteiger partial charge in [0.05, 0.1) is 6.20 Å². The summed E-state index contributed by atoms with van der Waals surface area (Å²) in [4.78, 5) is 11.7. The SMILES string of the molecule is CC1Cc2ccccc2N1c1nncc(N2CCN(C)CC2)n1. The summed E-state index contributed by atoms with van der Waals surface area (Å²) in [6.07, 6.45) is 2.81. The van der Waals surface area contributed by atoms with Crippen LogP contribution in [0.2, 0.25) is 0 Å². The number of rotatable bonds is 2. The van der Waals surface area contributed by atoms with E-state index in [4.69, 9.17) is 4.98 Å². The van der Waals surface area contributed by atoms with Gasteiger partial charge >= 0.3 is 0 Å². The quantitative estimate of drug-likeness (QED) is 0.841. The zero-order valence-corrected chi connectivity index (χ0v) is 13.7. The summed E-state index contributed by atoms with van der Waals surface area (Å²) in [5.74, 6) is 1.64. The summed E-state index contributed by atoms with van der Waals surface area (Å²) >= 11 is 0. The van der Waals surface area contributed by atoms with Gasteiger partial charge in [-0.25, -0.2) is 0 Å². The lowest BCUT2D eigenvalue weighted by Gasteiger charge is -2.33. The minimum Gasteiger partial charge on any atom is -0.353 e. The van der Waals surface area contributed by atoms with E-state index in [9.17, 15) is 0 Å². The van der Waals surface area contributed by atoms with E-state index in [1.165, 1.54) is 11.3 Å². The summed E-state index contributed by atoms with van der Waals surface area (Å²) in [7, 11) is 2.16. The van der Waals surface area contributed by atoms with Crippen LogP contribution in [0, 0.1) is 0 Å². The number of anilines is 3. The molecule has 0 amide bonds. The van der Waals surface area contributed by atoms with Gasteiger partial charge in [-0.2, -0.15) is 10.1 Å². The van der Waals surface area contributed by atoms with Crippen LogP contribution >= 0.6 is 0 Å². The maximum Gasteiger partial charge on any atom is 0.252 e. The molecule has 0 bridgehead atoms. The van der Waals surface area contributed by atoms with Crippen molar-refractivity contribution in [3.05, 3.63) is 36.0 Å². The summed E-state index contributed by atoms with van der Waals surface area (Å²) in [5, 5.41) is 8.53. The van der Waals surface area contributed by atoms with Gasteiger partial charge in [-0.1, -0.05) is 18.2 Å². The zero-order chi connectivity index (χ0) is 15.8. The molecule has 6 heteroatoms. The third-order valence-electron chi connectivity index (χ3n) is 4.78. The van der Waals surface area contributed by atoms with E-state index in [0.29, 0.717) is 12.0 Å². The molecular formula is C17H22N6. The highest BCUT2D eigenvalue weighted by Crippen LogP contribution is 2.36. The van der Waals surface area contributed by atoms with Gasteiger partial charge < -0.3 is 14.7 Å². The lowest BCUT2D eigenvalue weighted by Crippen LogP contribution is -2.45. The Morgan fingerprint density at radius 3 is 2.70 bits per heavy atom. The molecule has 1 fully saturated rings. The van der Waals surface area contributed by atoms with E-state index in [1.807, 2.05) is 0 Å². The molecule has 0 saturated carbocycles. The van der Waals surface area contributed by atoms with Crippen molar-refractivity contribution in [2.24, 2.45) is 0 Å². The standard InChI is InChI=1S/C17H22N6/c1-13-11-14-5-3-4-6-15(14)23(13)17-19-16(12-18-20-17)22-9-7-21(2)8-10-22/h3-6,12-13H,7-11H2,1-2H3. The molecule has 2 aliphatic heterocycles. The molecule has 1 aromatic carbocycles. The Balaban J connectivity index is 1.64. The lowest BCUT2D eigenvalue weighted by molar-refractivity contribution is 0.312. The molecule has 2 aromatic rings. The van der Waals surface area contributed by atoms with E-state index in [0.717, 1.165) is 38.4 Å². The average Bonchev–Trinajstić information content (AvgIpc) is 2.91. The Morgan fingerprint density at radius 2 is 1.87 bits per heavy atom. The summed E-state index contributed by atoms with van der Waals surface area (Å²) < 4.78 is 0. The van der Waals surface area contributed by atoms with Crippen molar-refractivity contribution in [3.63, 3.8) is 0 Å². The van der Waals surface area contributed by atoms with Gasteiger partial charge in [0.1, 0.15) is 0 Å². The largest absolute Gasteiger partial charge is 0.353 e. The maximum absolute atomic E-state index is 4.81. The first-order valence-electron chi connectivity index (χ1n) is 8.23. The second-order valence-electron chi connectivity index (χ2n) is 6.46. The predicted octanol–water partition coefficient (Wildman–Crippen LogP) is 1.71. The predicted molar refractivity (Wildman–Crippen MR) is 91.3 cm³/mol. The van der Waals surface area contributed by atoms with Gasteiger partial charge in [0, 0.05) is 37.9 Å². The number of hydrogen-bond donors (Lipinski definition) is 0. The highest BCUT2D eigenvalue weighted by atomic mass is 15.4. The average molecular weight is 310 g/mol. The molecule has 3 heterocycles. The second-order valence-corrected chi connectivity index (χ2v) is 6.46. The first kappa shape index (κ1) is 14.4. The number of nitrogens with zero attached hydrogens (tertiary/aromatic N) is 6. The highest BCUT2D eigenvalue weighted by Gasteiger charge is 2.29. The van der Waals surface area contributed by atoms with E-state index >= 15 is 0 Å². The van der Waals surface area contributed by atoms with Crippen LogP contribution in [0.1, 0.15) is 12.5 Å². The summed E-state index contributed by atoms with van der Waals surface area (Å²) in [6, 6.07) is 8.85. The molecular weight excluding hydrogens is 288 g/mol. The maximum atomic E-state index is 4.81. The van der Waals surface area contributed by atoms with Crippen molar-refractivity contribution in [1.29, 1.82) is 0 Å². The first-order chi connectivity index (χ1) is 11.2. The smallest absolute Gasteiger partial charge is 0.252 e. The van der Waals surface area contributed by atoms with Gasteiger partial charge in [0.15, 0.2) is 5.82 Å². The summed E-state index contributed by atoms with van der Waals surface area (Å²) in [6.45, 7) is 6.30. The topological polar surface area (TPSA) is 48.4 Å². The van der Waals surface area contributed by atoms with Gasteiger partial charge in [-0.15, -0.1) is 5.10 Å². The lowest BCUT2D eigenvalue weighted by atomic mass is 10.1. The molecule has 1 saturated heterocycles. The zero-order valence-electron chi connectivity index (χ0n) is 13.7. The van der Waals surface area contributed by atoms with Crippen LogP contribution in [0.4, 0.5) is 17.5 Å². The molecule has 4 rings (SSSR count). The fraction of sp³-hybridized carbons (Fsp3) is 0.471. The number of piperazine rings is 1.